The quantitative estimate of drug-likeness (QED) is 0.654. The number of pyridine rings is 1. The number of nitrogens with one attached hydrogen (secondary N) is 2. The Kier molecular flexibility index (Phi) is 6.04. The van der Waals surface area contributed by atoms with E-state index >= 15 is 0 Å². The van der Waals surface area contributed by atoms with Crippen molar-refractivity contribution in [1.82, 2.24) is 19.9 Å². The molecule has 0 saturated carbocycles. The molecule has 0 bridgehead atoms. The van der Waals surface area contributed by atoms with E-state index in [-0.39, 0.29) is 11.8 Å². The molecule has 30 heavy (non-hydrogen) atoms. The van der Waals surface area contributed by atoms with E-state index in [2.05, 4.69) is 25.2 Å². The van der Waals surface area contributed by atoms with Gasteiger partial charge in [0.2, 0.25) is 0 Å². The zero-order chi connectivity index (χ0) is 20.9. The Morgan fingerprint density at radius 1 is 1.10 bits per heavy atom. The second-order valence-electron chi connectivity index (χ2n) is 7.35. The zero-order valence-corrected chi connectivity index (χ0v) is 16.9. The third-order valence-electron chi connectivity index (χ3n) is 5.20. The van der Waals surface area contributed by atoms with Crippen LogP contribution < -0.4 is 10.6 Å². The number of carbonyl (C=O) groups excluding carboxylic acids is 2. The third kappa shape index (κ3) is 4.33. The van der Waals surface area contributed by atoms with Crippen LogP contribution in [0.25, 0.3) is 11.2 Å². The number of nitrogens with zero attached hydrogens (tertiary/aromatic N) is 3. The Morgan fingerprint density at radius 2 is 1.87 bits per heavy atom. The van der Waals surface area contributed by atoms with E-state index in [1.807, 2.05) is 6.92 Å². The van der Waals surface area contributed by atoms with Gasteiger partial charge in [0.05, 0.1) is 11.9 Å². The van der Waals surface area contributed by atoms with Crippen molar-refractivity contribution in [2.24, 2.45) is 0 Å². The molecule has 2 N–H and O–H groups in total. The van der Waals surface area contributed by atoms with Crippen molar-refractivity contribution in [1.29, 1.82) is 0 Å². The molecule has 2 amide bonds. The summed E-state index contributed by atoms with van der Waals surface area (Å²) >= 11 is 0. The minimum absolute atomic E-state index is 0.121. The molecular weight excluding hydrogens is 382 g/mol. The Balaban J connectivity index is 1.45. The summed E-state index contributed by atoms with van der Waals surface area (Å²) in [5.41, 5.74) is 3.07. The molecule has 3 aromatic rings. The molecular formula is C22H25N5O3. The lowest BCUT2D eigenvalue weighted by Gasteiger charge is -2.23. The molecule has 156 valence electrons. The molecule has 8 heteroatoms. The lowest BCUT2D eigenvalue weighted by atomic mass is 10.1. The van der Waals surface area contributed by atoms with Gasteiger partial charge in [-0.15, -0.1) is 0 Å². The van der Waals surface area contributed by atoms with E-state index in [0.29, 0.717) is 34.9 Å². The van der Waals surface area contributed by atoms with E-state index in [0.717, 1.165) is 38.1 Å². The average molecular weight is 407 g/mol. The molecule has 0 aliphatic carbocycles. The Morgan fingerprint density at radius 3 is 2.60 bits per heavy atom. The van der Waals surface area contributed by atoms with Crippen molar-refractivity contribution in [3.63, 3.8) is 0 Å². The van der Waals surface area contributed by atoms with Crippen LogP contribution in [0.15, 0.2) is 42.9 Å². The maximum Gasteiger partial charge on any atom is 0.257 e. The first kappa shape index (κ1) is 20.0. The number of rotatable bonds is 6. The number of hydrogen-bond donors (Lipinski definition) is 2. The van der Waals surface area contributed by atoms with Gasteiger partial charge in [-0.05, 0) is 49.6 Å². The van der Waals surface area contributed by atoms with Crippen molar-refractivity contribution >= 4 is 28.7 Å². The van der Waals surface area contributed by atoms with Crippen molar-refractivity contribution in [3.8, 4) is 0 Å². The summed E-state index contributed by atoms with van der Waals surface area (Å²) in [5.74, 6) is -0.391. The minimum atomic E-state index is -0.270. The number of fused-ring (bicyclic) bond motifs is 1. The maximum atomic E-state index is 12.6. The predicted octanol–water partition coefficient (Wildman–Crippen LogP) is 3.17. The average Bonchev–Trinajstić information content (AvgIpc) is 3.22. The first-order valence-electron chi connectivity index (χ1n) is 10.3. The van der Waals surface area contributed by atoms with Crippen LogP contribution in [0.5, 0.6) is 0 Å². The van der Waals surface area contributed by atoms with Gasteiger partial charge in [-0.1, -0.05) is 6.92 Å². The number of hydrogen-bond acceptors (Lipinski definition) is 5. The van der Waals surface area contributed by atoms with Gasteiger partial charge < -0.3 is 19.9 Å². The number of benzene rings is 1. The third-order valence-corrected chi connectivity index (χ3v) is 5.20. The summed E-state index contributed by atoms with van der Waals surface area (Å²) in [7, 11) is 0. The van der Waals surface area contributed by atoms with E-state index in [1.54, 1.807) is 42.9 Å². The van der Waals surface area contributed by atoms with Crippen LogP contribution in [0.3, 0.4) is 0 Å². The highest BCUT2D eigenvalue weighted by molar-refractivity contribution is 6.05. The SMILES string of the molecule is CCCNC(=O)c1ccc(NC(=O)c2cnc3c(c2)ncn3C2CCOCC2)cc1. The lowest BCUT2D eigenvalue weighted by Crippen LogP contribution is -2.23. The topological polar surface area (TPSA) is 98.1 Å². The molecule has 0 radical (unpaired) electrons. The smallest absolute Gasteiger partial charge is 0.257 e. The predicted molar refractivity (Wildman–Crippen MR) is 114 cm³/mol. The van der Waals surface area contributed by atoms with Crippen molar-refractivity contribution in [3.05, 3.63) is 54.0 Å². The van der Waals surface area contributed by atoms with Gasteiger partial charge in [-0.25, -0.2) is 9.97 Å². The number of amides is 2. The fourth-order valence-corrected chi connectivity index (χ4v) is 3.52. The Hall–Kier alpha value is -3.26. The Bertz CT molecular complexity index is 1040. The monoisotopic (exact) mass is 407 g/mol. The second-order valence-corrected chi connectivity index (χ2v) is 7.35. The molecule has 1 aliphatic rings. The van der Waals surface area contributed by atoms with Crippen LogP contribution >= 0.6 is 0 Å². The van der Waals surface area contributed by atoms with Gasteiger partial charge in [0.15, 0.2) is 5.65 Å². The summed E-state index contributed by atoms with van der Waals surface area (Å²) in [6.07, 6.45) is 6.11. The highest BCUT2D eigenvalue weighted by Gasteiger charge is 2.19. The summed E-state index contributed by atoms with van der Waals surface area (Å²) in [4.78, 5) is 33.5. The van der Waals surface area contributed by atoms with Gasteiger partial charge in [0.1, 0.15) is 5.52 Å². The van der Waals surface area contributed by atoms with Crippen LogP contribution in [-0.2, 0) is 4.74 Å². The number of anilines is 1. The summed E-state index contributed by atoms with van der Waals surface area (Å²) in [5, 5.41) is 5.67. The molecule has 1 aliphatic heterocycles. The van der Waals surface area contributed by atoms with E-state index < -0.39 is 0 Å². The molecule has 3 heterocycles. The van der Waals surface area contributed by atoms with Crippen molar-refractivity contribution in [2.45, 2.75) is 32.2 Å². The lowest BCUT2D eigenvalue weighted by molar-refractivity contribution is 0.0704. The first-order valence-corrected chi connectivity index (χ1v) is 10.3. The van der Waals surface area contributed by atoms with Crippen LogP contribution in [-0.4, -0.2) is 46.1 Å². The molecule has 1 fully saturated rings. The maximum absolute atomic E-state index is 12.6. The van der Waals surface area contributed by atoms with Crippen molar-refractivity contribution in [2.75, 3.05) is 25.1 Å². The summed E-state index contributed by atoms with van der Waals surface area (Å²) in [6.45, 7) is 4.12. The van der Waals surface area contributed by atoms with Crippen LogP contribution in [0, 0.1) is 0 Å². The van der Waals surface area contributed by atoms with Gasteiger partial charge in [-0.3, -0.25) is 9.59 Å². The van der Waals surface area contributed by atoms with Crippen LogP contribution in [0.2, 0.25) is 0 Å². The van der Waals surface area contributed by atoms with Crippen LogP contribution in [0.1, 0.15) is 52.9 Å². The fraction of sp³-hybridized carbons (Fsp3) is 0.364. The van der Waals surface area contributed by atoms with E-state index in [4.69, 9.17) is 4.74 Å². The number of carbonyl (C=O) groups is 2. The highest BCUT2D eigenvalue weighted by atomic mass is 16.5. The largest absolute Gasteiger partial charge is 0.381 e. The normalized spacial score (nSPS) is 14.6. The zero-order valence-electron chi connectivity index (χ0n) is 16.9. The highest BCUT2D eigenvalue weighted by Crippen LogP contribution is 2.25. The summed E-state index contributed by atoms with van der Waals surface area (Å²) in [6, 6.07) is 8.88. The molecule has 8 nitrogen and oxygen atoms in total. The van der Waals surface area contributed by atoms with Gasteiger partial charge in [0.25, 0.3) is 11.8 Å². The second kappa shape index (κ2) is 9.04. The number of imidazole rings is 1. The van der Waals surface area contributed by atoms with Gasteiger partial charge in [-0.2, -0.15) is 0 Å². The molecule has 4 rings (SSSR count). The standard InChI is InChI=1S/C22H25N5O3/c1-2-9-23-21(28)15-3-5-17(6-4-15)26-22(29)16-12-19-20(24-13-16)27(14-25-19)18-7-10-30-11-8-18/h3-6,12-14,18H,2,7-11H2,1H3,(H,23,28)(H,26,29). The van der Waals surface area contributed by atoms with Crippen molar-refractivity contribution < 1.29 is 14.3 Å². The molecule has 0 atom stereocenters. The number of ether oxygens (including phenoxy) is 1. The van der Waals surface area contributed by atoms with E-state index in [9.17, 15) is 9.59 Å². The fourth-order valence-electron chi connectivity index (χ4n) is 3.52. The molecule has 0 spiro atoms. The molecule has 2 aromatic heterocycles. The van der Waals surface area contributed by atoms with Gasteiger partial charge in [0, 0.05) is 43.2 Å². The molecule has 0 unspecified atom stereocenters. The molecule has 1 aromatic carbocycles. The van der Waals surface area contributed by atoms with E-state index in [1.165, 1.54) is 0 Å². The van der Waals surface area contributed by atoms with Crippen LogP contribution in [0.4, 0.5) is 5.69 Å². The number of aromatic nitrogens is 3. The first-order chi connectivity index (χ1) is 14.7. The molecule has 1 saturated heterocycles. The van der Waals surface area contributed by atoms with Gasteiger partial charge >= 0.3 is 0 Å². The summed E-state index contributed by atoms with van der Waals surface area (Å²) < 4.78 is 7.50. The minimum Gasteiger partial charge on any atom is -0.381 e. The Labute approximate surface area is 174 Å².